The monoisotopic (exact) mass is 582 g/mol. The summed E-state index contributed by atoms with van der Waals surface area (Å²) in [4.78, 5) is 63.3. The molecule has 1 saturated heterocycles. The number of furan rings is 1. The minimum Gasteiger partial charge on any atom is -0.447 e. The van der Waals surface area contributed by atoms with Crippen LogP contribution in [-0.4, -0.2) is 83.3 Å². The normalized spacial score (nSPS) is 19.2. The molecule has 2 aliphatic rings. The van der Waals surface area contributed by atoms with Crippen molar-refractivity contribution in [3.05, 3.63) is 46.9 Å². The van der Waals surface area contributed by atoms with Crippen molar-refractivity contribution < 1.29 is 28.3 Å². The second-order valence-electron chi connectivity index (χ2n) is 10.4. The Morgan fingerprint density at radius 2 is 1.88 bits per heavy atom. The predicted molar refractivity (Wildman–Crippen MR) is 151 cm³/mol. The van der Waals surface area contributed by atoms with Gasteiger partial charge in [0.05, 0.1) is 23.7 Å². The van der Waals surface area contributed by atoms with E-state index < -0.39 is 5.91 Å². The van der Waals surface area contributed by atoms with Crippen LogP contribution in [0, 0.1) is 5.92 Å². The van der Waals surface area contributed by atoms with Crippen LogP contribution in [-0.2, 0) is 25.5 Å². The number of ether oxygens (including phenoxy) is 1. The van der Waals surface area contributed by atoms with Gasteiger partial charge in [-0.25, -0.2) is 9.97 Å². The van der Waals surface area contributed by atoms with Crippen molar-refractivity contribution in [1.82, 2.24) is 19.8 Å². The number of morpholine rings is 1. The van der Waals surface area contributed by atoms with Crippen LogP contribution in [0.1, 0.15) is 41.9 Å². The number of likely N-dealkylation sites (N-methyl/N-ethyl adjacent to an activating group) is 1. The van der Waals surface area contributed by atoms with Crippen LogP contribution in [0.3, 0.4) is 0 Å². The number of carbonyl (C=O) groups is 4. The maximum absolute atomic E-state index is 13.5. The average molecular weight is 583 g/mol. The molecule has 3 aromatic heterocycles. The van der Waals surface area contributed by atoms with E-state index in [-0.39, 0.29) is 71.1 Å². The van der Waals surface area contributed by atoms with Gasteiger partial charge in [0.2, 0.25) is 23.5 Å². The highest BCUT2D eigenvalue weighted by Crippen LogP contribution is 2.34. The molecule has 1 aliphatic heterocycles. The SMILES string of the molecule is CN(C)C(=O)Cc1ccc2oc(C(=O)Nc3ccc(Cl)cn3)c(NC(=O)[C@H]3CC[C@H](N4CCOCC4=O)CC3)c2n1. The third kappa shape index (κ3) is 6.49. The van der Waals surface area contributed by atoms with Crippen LogP contribution >= 0.6 is 11.6 Å². The Balaban J connectivity index is 1.38. The van der Waals surface area contributed by atoms with Gasteiger partial charge in [-0.3, -0.25) is 19.2 Å². The number of rotatable bonds is 7. The van der Waals surface area contributed by atoms with E-state index >= 15 is 0 Å². The maximum atomic E-state index is 13.5. The van der Waals surface area contributed by atoms with Crippen LogP contribution in [0.2, 0.25) is 5.02 Å². The van der Waals surface area contributed by atoms with Crippen molar-refractivity contribution in [2.45, 2.75) is 38.1 Å². The number of fused-ring (bicyclic) bond motifs is 1. The fourth-order valence-electron chi connectivity index (χ4n) is 5.12. The second-order valence-corrected chi connectivity index (χ2v) is 10.8. The predicted octanol–water partition coefficient (Wildman–Crippen LogP) is 3.12. The highest BCUT2D eigenvalue weighted by molar-refractivity contribution is 6.30. The Bertz CT molecular complexity index is 1460. The van der Waals surface area contributed by atoms with Gasteiger partial charge < -0.3 is 29.6 Å². The number of carbonyl (C=O) groups excluding carboxylic acids is 4. The summed E-state index contributed by atoms with van der Waals surface area (Å²) in [5, 5.41) is 5.96. The minimum absolute atomic E-state index is 0.0190. The van der Waals surface area contributed by atoms with Gasteiger partial charge in [-0.05, 0) is 49.9 Å². The van der Waals surface area contributed by atoms with Crippen molar-refractivity contribution >= 4 is 57.8 Å². The smallest absolute Gasteiger partial charge is 0.294 e. The van der Waals surface area contributed by atoms with E-state index in [4.69, 9.17) is 20.8 Å². The molecule has 2 N–H and O–H groups in total. The average Bonchev–Trinajstić information content (AvgIpc) is 3.32. The number of halogens is 1. The molecule has 1 aliphatic carbocycles. The van der Waals surface area contributed by atoms with Crippen LogP contribution in [0.15, 0.2) is 34.9 Å². The molecule has 5 rings (SSSR count). The first-order chi connectivity index (χ1) is 19.7. The van der Waals surface area contributed by atoms with Gasteiger partial charge in [-0.15, -0.1) is 0 Å². The lowest BCUT2D eigenvalue weighted by Crippen LogP contribution is -2.49. The second kappa shape index (κ2) is 12.2. The number of nitrogens with zero attached hydrogens (tertiary/aromatic N) is 4. The van der Waals surface area contributed by atoms with Crippen LogP contribution < -0.4 is 10.6 Å². The molecule has 4 amide bonds. The standard InChI is InChI=1S/C28H31ClN6O6/c1-34(2)22(36)13-18-6-9-20-24(31-18)25(26(41-20)28(39)32-21-10-5-17(29)14-30-21)33-27(38)16-3-7-19(8-4-16)35-11-12-40-15-23(35)37/h5-6,9-10,14,16,19H,3-4,7-8,11-13,15H2,1-2H3,(H,33,38)(H,30,32,39)/t16-,19-. The number of amides is 4. The summed E-state index contributed by atoms with van der Waals surface area (Å²) in [6, 6.07) is 6.48. The fraction of sp³-hybridized carbons (Fsp3) is 0.429. The molecule has 0 unspecified atom stereocenters. The van der Waals surface area contributed by atoms with Crippen molar-refractivity contribution in [1.29, 1.82) is 0 Å². The van der Waals surface area contributed by atoms with Crippen LogP contribution in [0.4, 0.5) is 11.5 Å². The molecule has 41 heavy (non-hydrogen) atoms. The van der Waals surface area contributed by atoms with E-state index in [2.05, 4.69) is 20.6 Å². The van der Waals surface area contributed by atoms with E-state index in [1.807, 2.05) is 4.90 Å². The summed E-state index contributed by atoms with van der Waals surface area (Å²) < 4.78 is 11.1. The Labute approximate surface area is 241 Å². The molecular weight excluding hydrogens is 552 g/mol. The molecular formula is C28H31ClN6O6. The van der Waals surface area contributed by atoms with Crippen molar-refractivity contribution in [3.8, 4) is 0 Å². The first kappa shape index (κ1) is 28.5. The Morgan fingerprint density at radius 3 is 2.56 bits per heavy atom. The van der Waals surface area contributed by atoms with Gasteiger partial charge in [0, 0.05) is 38.8 Å². The Morgan fingerprint density at radius 1 is 1.10 bits per heavy atom. The largest absolute Gasteiger partial charge is 0.447 e. The highest BCUT2D eigenvalue weighted by atomic mass is 35.5. The molecule has 0 atom stereocenters. The summed E-state index contributed by atoms with van der Waals surface area (Å²) in [6.45, 7) is 1.18. The summed E-state index contributed by atoms with van der Waals surface area (Å²) in [6.07, 6.45) is 4.00. The van der Waals surface area contributed by atoms with Gasteiger partial charge in [0.1, 0.15) is 23.6 Å². The zero-order chi connectivity index (χ0) is 29.1. The third-order valence-electron chi connectivity index (χ3n) is 7.38. The van der Waals surface area contributed by atoms with Gasteiger partial charge in [-0.1, -0.05) is 11.6 Å². The number of anilines is 2. The van der Waals surface area contributed by atoms with Gasteiger partial charge in [0.15, 0.2) is 5.58 Å². The highest BCUT2D eigenvalue weighted by Gasteiger charge is 2.34. The zero-order valence-corrected chi connectivity index (χ0v) is 23.6. The Hall–Kier alpha value is -4.03. The molecule has 0 radical (unpaired) electrons. The van der Waals surface area contributed by atoms with E-state index in [9.17, 15) is 19.2 Å². The molecule has 2 fully saturated rings. The van der Waals surface area contributed by atoms with Gasteiger partial charge in [-0.2, -0.15) is 0 Å². The quantitative estimate of drug-likeness (QED) is 0.432. The van der Waals surface area contributed by atoms with E-state index in [0.717, 1.165) is 0 Å². The number of hydrogen-bond donors (Lipinski definition) is 2. The zero-order valence-electron chi connectivity index (χ0n) is 22.8. The number of nitrogens with one attached hydrogen (secondary N) is 2. The lowest BCUT2D eigenvalue weighted by atomic mass is 9.84. The summed E-state index contributed by atoms with van der Waals surface area (Å²) >= 11 is 5.90. The molecule has 0 spiro atoms. The van der Waals surface area contributed by atoms with Crippen molar-refractivity contribution in [3.63, 3.8) is 0 Å². The van der Waals surface area contributed by atoms with Crippen molar-refractivity contribution in [2.24, 2.45) is 5.92 Å². The van der Waals surface area contributed by atoms with Crippen LogP contribution in [0.25, 0.3) is 11.1 Å². The minimum atomic E-state index is -0.631. The summed E-state index contributed by atoms with van der Waals surface area (Å²) in [7, 11) is 3.31. The lowest BCUT2D eigenvalue weighted by Gasteiger charge is -2.38. The molecule has 0 bridgehead atoms. The molecule has 13 heteroatoms. The maximum Gasteiger partial charge on any atom is 0.294 e. The number of aromatic nitrogens is 2. The number of hydrogen-bond acceptors (Lipinski definition) is 8. The molecule has 12 nitrogen and oxygen atoms in total. The van der Waals surface area contributed by atoms with E-state index in [1.165, 1.54) is 11.1 Å². The topological polar surface area (TPSA) is 147 Å². The van der Waals surface area contributed by atoms with Crippen molar-refractivity contribution in [2.75, 3.05) is 44.5 Å². The molecule has 4 heterocycles. The summed E-state index contributed by atoms with van der Waals surface area (Å²) in [5.74, 6) is -1.27. The van der Waals surface area contributed by atoms with Gasteiger partial charge >= 0.3 is 0 Å². The molecule has 216 valence electrons. The molecule has 3 aromatic rings. The fourth-order valence-corrected chi connectivity index (χ4v) is 5.23. The molecule has 1 saturated carbocycles. The first-order valence-electron chi connectivity index (χ1n) is 13.4. The molecule has 0 aromatic carbocycles. The lowest BCUT2D eigenvalue weighted by molar-refractivity contribution is -0.146. The first-order valence-corrected chi connectivity index (χ1v) is 13.8. The number of pyridine rings is 2. The Kier molecular flexibility index (Phi) is 8.50. The van der Waals surface area contributed by atoms with Gasteiger partial charge in [0.25, 0.3) is 5.91 Å². The summed E-state index contributed by atoms with van der Waals surface area (Å²) in [5.41, 5.74) is 1.14. The van der Waals surface area contributed by atoms with E-state index in [1.54, 1.807) is 38.4 Å². The van der Waals surface area contributed by atoms with Crippen LogP contribution in [0.5, 0.6) is 0 Å². The third-order valence-corrected chi connectivity index (χ3v) is 7.60. The van der Waals surface area contributed by atoms with E-state index in [0.29, 0.717) is 49.6 Å².